The van der Waals surface area contributed by atoms with Crippen molar-refractivity contribution < 1.29 is 26.0 Å². The lowest BCUT2D eigenvalue weighted by atomic mass is 9.96. The van der Waals surface area contributed by atoms with Gasteiger partial charge in [-0.3, -0.25) is 4.98 Å². The lowest BCUT2D eigenvalue weighted by molar-refractivity contribution is -0.137. The zero-order valence-corrected chi connectivity index (χ0v) is 23.2. The van der Waals surface area contributed by atoms with Crippen LogP contribution in [0.4, 0.5) is 23.5 Å². The first-order chi connectivity index (χ1) is 19.9. The molecule has 13 heteroatoms. The summed E-state index contributed by atoms with van der Waals surface area (Å²) in [6, 6.07) is 9.04. The Morgan fingerprint density at radius 2 is 1.86 bits per heavy atom. The third-order valence-corrected chi connectivity index (χ3v) is 9.13. The van der Waals surface area contributed by atoms with E-state index in [0.29, 0.717) is 34.9 Å². The summed E-state index contributed by atoms with van der Waals surface area (Å²) >= 11 is 0. The molecule has 2 N–H and O–H groups in total. The number of nitrogens with zero attached hydrogens (tertiary/aromatic N) is 4. The molecule has 0 aliphatic carbocycles. The van der Waals surface area contributed by atoms with Crippen molar-refractivity contribution in [1.29, 1.82) is 0 Å². The fourth-order valence-corrected chi connectivity index (χ4v) is 6.53. The number of aryl methyl sites for hydroxylation is 1. The fraction of sp³-hybridized carbons (Fsp3) is 0.276. The van der Waals surface area contributed by atoms with Gasteiger partial charge in [0.05, 0.1) is 28.0 Å². The summed E-state index contributed by atoms with van der Waals surface area (Å²) in [5.74, 6) is 0.160. The molecule has 6 rings (SSSR count). The molecule has 8 nitrogen and oxygen atoms in total. The summed E-state index contributed by atoms with van der Waals surface area (Å²) in [6.45, 7) is 2.75. The van der Waals surface area contributed by atoms with Crippen LogP contribution in [0.1, 0.15) is 24.0 Å². The highest BCUT2D eigenvalue weighted by Crippen LogP contribution is 2.39. The summed E-state index contributed by atoms with van der Waals surface area (Å²) < 4.78 is 84.6. The molecule has 2 aromatic carbocycles. The number of rotatable bonds is 6. The first kappa shape index (κ1) is 28.0. The molecule has 3 aromatic heterocycles. The second-order valence-electron chi connectivity index (χ2n) is 10.5. The number of hydrogen-bond acceptors (Lipinski definition) is 7. The van der Waals surface area contributed by atoms with Crippen LogP contribution < -0.4 is 10.6 Å². The van der Waals surface area contributed by atoms with E-state index in [1.807, 2.05) is 0 Å². The number of pyridine rings is 1. The van der Waals surface area contributed by atoms with E-state index >= 15 is 4.39 Å². The minimum atomic E-state index is -4.69. The summed E-state index contributed by atoms with van der Waals surface area (Å²) in [4.78, 5) is 13.0. The SMILES string of the molecule is Cc1ccc(S(=O)(=O)n2cc(-c3cncc4cnc(NCC5(F)CCCNC5)nc34)c3ccc(C(F)(F)F)cc32)cc1. The highest BCUT2D eigenvalue weighted by Gasteiger charge is 2.33. The summed E-state index contributed by atoms with van der Waals surface area (Å²) in [6.07, 6.45) is 2.20. The van der Waals surface area contributed by atoms with Gasteiger partial charge >= 0.3 is 6.18 Å². The van der Waals surface area contributed by atoms with E-state index in [9.17, 15) is 21.6 Å². The third-order valence-electron chi connectivity index (χ3n) is 7.44. The number of nitrogens with one attached hydrogen (secondary N) is 2. The smallest absolute Gasteiger partial charge is 0.351 e. The molecule has 1 aliphatic rings. The fourth-order valence-electron chi connectivity index (χ4n) is 5.17. The van der Waals surface area contributed by atoms with Crippen molar-refractivity contribution in [2.75, 3.05) is 25.0 Å². The Morgan fingerprint density at radius 3 is 2.57 bits per heavy atom. The predicted octanol–water partition coefficient (Wildman–Crippen LogP) is 5.71. The largest absolute Gasteiger partial charge is 0.416 e. The zero-order valence-electron chi connectivity index (χ0n) is 22.4. The average Bonchev–Trinajstić information content (AvgIpc) is 3.36. The van der Waals surface area contributed by atoms with Crippen molar-refractivity contribution in [3.05, 3.63) is 78.4 Å². The van der Waals surface area contributed by atoms with Crippen LogP contribution in [-0.2, 0) is 16.2 Å². The quantitative estimate of drug-likeness (QED) is 0.241. The molecule has 0 spiro atoms. The highest BCUT2D eigenvalue weighted by molar-refractivity contribution is 7.90. The van der Waals surface area contributed by atoms with Gasteiger partial charge in [0, 0.05) is 53.2 Å². The van der Waals surface area contributed by atoms with Crippen molar-refractivity contribution >= 4 is 37.8 Å². The highest BCUT2D eigenvalue weighted by atomic mass is 32.2. The molecule has 1 saturated heterocycles. The molecule has 1 atom stereocenters. The molecule has 1 unspecified atom stereocenters. The van der Waals surface area contributed by atoms with Gasteiger partial charge < -0.3 is 10.6 Å². The van der Waals surface area contributed by atoms with Crippen LogP contribution in [0, 0.1) is 6.92 Å². The van der Waals surface area contributed by atoms with E-state index in [4.69, 9.17) is 0 Å². The van der Waals surface area contributed by atoms with E-state index in [0.717, 1.165) is 28.2 Å². The normalized spacial score (nSPS) is 18.0. The van der Waals surface area contributed by atoms with Crippen LogP contribution in [0.15, 0.2) is 72.1 Å². The van der Waals surface area contributed by atoms with Crippen LogP contribution in [0.25, 0.3) is 32.9 Å². The molecule has 0 saturated carbocycles. The van der Waals surface area contributed by atoms with Gasteiger partial charge in [-0.15, -0.1) is 0 Å². The Balaban J connectivity index is 1.50. The average molecular weight is 599 g/mol. The number of halogens is 4. The Morgan fingerprint density at radius 1 is 1.07 bits per heavy atom. The summed E-state index contributed by atoms with van der Waals surface area (Å²) in [5, 5.41) is 6.78. The van der Waals surface area contributed by atoms with Crippen LogP contribution in [0.3, 0.4) is 0 Å². The second kappa shape index (κ2) is 10.3. The van der Waals surface area contributed by atoms with Crippen LogP contribution in [0.2, 0.25) is 0 Å². The number of hydrogen-bond donors (Lipinski definition) is 2. The van der Waals surface area contributed by atoms with Gasteiger partial charge in [0.15, 0.2) is 0 Å². The minimum Gasteiger partial charge on any atom is -0.351 e. The number of fused-ring (bicyclic) bond motifs is 2. The molecule has 5 aromatic rings. The van der Waals surface area contributed by atoms with Gasteiger partial charge in [-0.05, 0) is 50.6 Å². The lowest BCUT2D eigenvalue weighted by Crippen LogP contribution is -2.46. The third kappa shape index (κ3) is 5.18. The number of alkyl halides is 4. The van der Waals surface area contributed by atoms with Gasteiger partial charge in [-0.25, -0.2) is 26.7 Å². The lowest BCUT2D eigenvalue weighted by Gasteiger charge is -2.30. The standard InChI is InChI=1S/C29H26F4N6O2S/c1-18-3-6-21(7-4-18)42(40,41)39-15-24(22-8-5-20(11-25(22)39)29(31,32)33)23-14-35-12-19-13-36-27(38-26(19)23)37-17-28(30)9-2-10-34-16-28/h3-8,11-15,34H,2,9-10,16-17H2,1H3,(H,36,37,38). The van der Waals surface area contributed by atoms with Gasteiger partial charge in [0.2, 0.25) is 5.95 Å². The number of benzene rings is 2. The van der Waals surface area contributed by atoms with Gasteiger partial charge in [0.1, 0.15) is 5.67 Å². The molecule has 0 radical (unpaired) electrons. The summed E-state index contributed by atoms with van der Waals surface area (Å²) in [7, 11) is -4.28. The monoisotopic (exact) mass is 598 g/mol. The Kier molecular flexibility index (Phi) is 6.89. The molecule has 218 valence electrons. The van der Waals surface area contributed by atoms with Crippen molar-refractivity contribution in [3.8, 4) is 11.1 Å². The minimum absolute atomic E-state index is 0.0136. The maximum absolute atomic E-state index is 15.2. The van der Waals surface area contributed by atoms with E-state index in [-0.39, 0.29) is 34.8 Å². The molecular weight excluding hydrogens is 572 g/mol. The second-order valence-corrected chi connectivity index (χ2v) is 12.3. The molecule has 42 heavy (non-hydrogen) atoms. The number of aromatic nitrogens is 4. The topological polar surface area (TPSA) is 102 Å². The van der Waals surface area contributed by atoms with Crippen LogP contribution in [-0.4, -0.2) is 52.6 Å². The molecule has 0 amide bonds. The first-order valence-electron chi connectivity index (χ1n) is 13.2. The van der Waals surface area contributed by atoms with Gasteiger partial charge in [-0.1, -0.05) is 23.8 Å². The van der Waals surface area contributed by atoms with Crippen molar-refractivity contribution in [2.24, 2.45) is 0 Å². The van der Waals surface area contributed by atoms with E-state index in [1.165, 1.54) is 43.0 Å². The molecule has 4 heterocycles. The van der Waals surface area contributed by atoms with Gasteiger partial charge in [0.25, 0.3) is 10.0 Å². The van der Waals surface area contributed by atoms with E-state index < -0.39 is 27.4 Å². The maximum Gasteiger partial charge on any atom is 0.416 e. The molecule has 0 bridgehead atoms. The first-order valence-corrected chi connectivity index (χ1v) is 14.7. The van der Waals surface area contributed by atoms with E-state index in [2.05, 4.69) is 25.6 Å². The number of anilines is 1. The van der Waals surface area contributed by atoms with Gasteiger partial charge in [-0.2, -0.15) is 13.2 Å². The Hall–Kier alpha value is -4.10. The Labute approximate surface area is 238 Å². The summed E-state index contributed by atoms with van der Waals surface area (Å²) in [5.41, 5.74) is -0.688. The maximum atomic E-state index is 15.2. The molecule has 1 aliphatic heterocycles. The predicted molar refractivity (Wildman–Crippen MR) is 151 cm³/mol. The van der Waals surface area contributed by atoms with E-state index in [1.54, 1.807) is 19.1 Å². The molecular formula is C29H26F4N6O2S. The molecule has 1 fully saturated rings. The number of piperidine rings is 1. The van der Waals surface area contributed by atoms with Crippen molar-refractivity contribution in [2.45, 2.75) is 36.5 Å². The van der Waals surface area contributed by atoms with Crippen molar-refractivity contribution in [3.63, 3.8) is 0 Å². The Bertz CT molecular complexity index is 1900. The van der Waals surface area contributed by atoms with Crippen LogP contribution >= 0.6 is 0 Å². The van der Waals surface area contributed by atoms with Crippen LogP contribution in [0.5, 0.6) is 0 Å². The van der Waals surface area contributed by atoms with Crippen molar-refractivity contribution in [1.82, 2.24) is 24.2 Å². The zero-order chi connectivity index (χ0) is 29.7.